The van der Waals surface area contributed by atoms with E-state index >= 15 is 0 Å². The molecule has 0 aliphatic heterocycles. The van der Waals surface area contributed by atoms with Crippen molar-refractivity contribution in [3.05, 3.63) is 23.4 Å². The Morgan fingerprint density at radius 1 is 1.37 bits per heavy atom. The van der Waals surface area contributed by atoms with E-state index in [2.05, 4.69) is 21.7 Å². The molecule has 0 radical (unpaired) electrons. The molecular formula is C14H21N3O2. The summed E-state index contributed by atoms with van der Waals surface area (Å²) in [5.74, 6) is 0.899. The highest BCUT2D eigenvalue weighted by Gasteiger charge is 2.12. The van der Waals surface area contributed by atoms with Gasteiger partial charge in [0.05, 0.1) is 6.61 Å². The third kappa shape index (κ3) is 4.21. The Morgan fingerprint density at radius 3 is 3.11 bits per heavy atom. The Balaban J connectivity index is 1.69. The number of anilines is 1. The average molecular weight is 263 g/mol. The van der Waals surface area contributed by atoms with Crippen LogP contribution in [0.25, 0.3) is 0 Å². The first kappa shape index (κ1) is 13.8. The summed E-state index contributed by atoms with van der Waals surface area (Å²) in [4.78, 5) is 16.0. The van der Waals surface area contributed by atoms with Crippen LogP contribution in [0.1, 0.15) is 24.1 Å². The summed E-state index contributed by atoms with van der Waals surface area (Å²) in [7, 11) is 1.62. The molecule has 0 fully saturated rings. The van der Waals surface area contributed by atoms with Crippen LogP contribution in [0.2, 0.25) is 0 Å². The van der Waals surface area contributed by atoms with Gasteiger partial charge in [0.25, 0.3) is 0 Å². The molecule has 2 N–H and O–H groups in total. The number of ether oxygens (including phenoxy) is 1. The van der Waals surface area contributed by atoms with E-state index in [9.17, 15) is 4.79 Å². The number of carbonyl (C=O) groups excluding carboxylic acids is 1. The first-order valence-corrected chi connectivity index (χ1v) is 6.78. The smallest absolute Gasteiger partial charge is 0.221 e. The lowest BCUT2D eigenvalue weighted by Crippen LogP contribution is -2.28. The number of amides is 1. The van der Waals surface area contributed by atoms with Gasteiger partial charge in [0.2, 0.25) is 5.91 Å². The standard InChI is InChI=1S/C14H21N3O2/c1-19-10-9-16-14(18)7-8-15-13-6-5-11-3-2-4-12(11)17-13/h5-6H,2-4,7-10H2,1H3,(H,15,17)(H,16,18). The average Bonchev–Trinajstić information content (AvgIpc) is 2.86. The largest absolute Gasteiger partial charge is 0.383 e. The lowest BCUT2D eigenvalue weighted by molar-refractivity contribution is -0.121. The molecular weight excluding hydrogens is 242 g/mol. The molecule has 0 aromatic carbocycles. The van der Waals surface area contributed by atoms with Gasteiger partial charge in [-0.25, -0.2) is 4.98 Å². The summed E-state index contributed by atoms with van der Waals surface area (Å²) in [5.41, 5.74) is 2.57. The van der Waals surface area contributed by atoms with Crippen molar-refractivity contribution in [2.24, 2.45) is 0 Å². The van der Waals surface area contributed by atoms with Gasteiger partial charge in [-0.05, 0) is 30.9 Å². The van der Waals surface area contributed by atoms with Gasteiger partial charge in [-0.3, -0.25) is 4.79 Å². The number of aryl methyl sites for hydroxylation is 2. The van der Waals surface area contributed by atoms with Crippen LogP contribution in [-0.4, -0.2) is 37.7 Å². The first-order chi connectivity index (χ1) is 9.29. The highest BCUT2D eigenvalue weighted by Crippen LogP contribution is 2.21. The molecule has 0 unspecified atom stereocenters. The van der Waals surface area contributed by atoms with Crippen LogP contribution in [0, 0.1) is 0 Å². The number of nitrogens with one attached hydrogen (secondary N) is 2. The number of pyridine rings is 1. The molecule has 19 heavy (non-hydrogen) atoms. The van der Waals surface area contributed by atoms with Crippen molar-refractivity contribution in [2.45, 2.75) is 25.7 Å². The van der Waals surface area contributed by atoms with Crippen LogP contribution in [0.3, 0.4) is 0 Å². The lowest BCUT2D eigenvalue weighted by atomic mass is 10.2. The number of hydrogen-bond donors (Lipinski definition) is 2. The van der Waals surface area contributed by atoms with Gasteiger partial charge in [0, 0.05) is 32.3 Å². The number of methoxy groups -OCH3 is 1. The van der Waals surface area contributed by atoms with Gasteiger partial charge < -0.3 is 15.4 Å². The second-order valence-electron chi connectivity index (χ2n) is 4.68. The van der Waals surface area contributed by atoms with Crippen LogP contribution < -0.4 is 10.6 Å². The molecule has 2 rings (SSSR count). The Morgan fingerprint density at radius 2 is 2.26 bits per heavy atom. The maximum Gasteiger partial charge on any atom is 0.221 e. The normalized spacial score (nSPS) is 13.1. The minimum atomic E-state index is 0.0331. The SMILES string of the molecule is COCCNC(=O)CCNc1ccc2c(n1)CCC2. The van der Waals surface area contributed by atoms with Crippen molar-refractivity contribution in [3.8, 4) is 0 Å². The number of nitrogens with zero attached hydrogens (tertiary/aromatic N) is 1. The van der Waals surface area contributed by atoms with Crippen molar-refractivity contribution in [1.82, 2.24) is 10.3 Å². The molecule has 1 aromatic heterocycles. The topological polar surface area (TPSA) is 63.2 Å². The summed E-state index contributed by atoms with van der Waals surface area (Å²) in [6.07, 6.45) is 3.86. The predicted octanol–water partition coefficient (Wildman–Crippen LogP) is 1.13. The molecule has 1 aliphatic carbocycles. The fourth-order valence-electron chi connectivity index (χ4n) is 2.20. The van der Waals surface area contributed by atoms with Gasteiger partial charge in [-0.15, -0.1) is 0 Å². The van der Waals surface area contributed by atoms with Gasteiger partial charge in [-0.2, -0.15) is 0 Å². The first-order valence-electron chi connectivity index (χ1n) is 6.78. The lowest BCUT2D eigenvalue weighted by Gasteiger charge is -2.08. The second kappa shape index (κ2) is 7.09. The highest BCUT2D eigenvalue weighted by molar-refractivity contribution is 5.76. The Hall–Kier alpha value is -1.62. The highest BCUT2D eigenvalue weighted by atomic mass is 16.5. The van der Waals surface area contributed by atoms with Gasteiger partial charge in [0.15, 0.2) is 0 Å². The van der Waals surface area contributed by atoms with E-state index in [1.165, 1.54) is 17.7 Å². The molecule has 5 nitrogen and oxygen atoms in total. The van der Waals surface area contributed by atoms with Crippen LogP contribution in [-0.2, 0) is 22.4 Å². The minimum absolute atomic E-state index is 0.0331. The summed E-state index contributed by atoms with van der Waals surface area (Å²) in [6.45, 7) is 1.71. The van der Waals surface area contributed by atoms with Crippen molar-refractivity contribution in [1.29, 1.82) is 0 Å². The van der Waals surface area contributed by atoms with E-state index in [0.29, 0.717) is 26.1 Å². The van der Waals surface area contributed by atoms with Crippen LogP contribution in [0.15, 0.2) is 12.1 Å². The molecule has 0 saturated carbocycles. The number of aromatic nitrogens is 1. The summed E-state index contributed by atoms with van der Waals surface area (Å²) in [6, 6.07) is 4.13. The van der Waals surface area contributed by atoms with Gasteiger partial charge in [-0.1, -0.05) is 6.07 Å². The number of fused-ring (bicyclic) bond motifs is 1. The molecule has 5 heteroatoms. The van der Waals surface area contributed by atoms with Crippen LogP contribution in [0.5, 0.6) is 0 Å². The number of carbonyl (C=O) groups is 1. The monoisotopic (exact) mass is 263 g/mol. The molecule has 0 bridgehead atoms. The Bertz CT molecular complexity index is 435. The minimum Gasteiger partial charge on any atom is -0.383 e. The fourth-order valence-corrected chi connectivity index (χ4v) is 2.20. The van der Waals surface area contributed by atoms with E-state index < -0.39 is 0 Å². The van der Waals surface area contributed by atoms with Crippen LogP contribution in [0.4, 0.5) is 5.82 Å². The van der Waals surface area contributed by atoms with Crippen molar-refractivity contribution < 1.29 is 9.53 Å². The molecule has 0 atom stereocenters. The molecule has 1 heterocycles. The van der Waals surface area contributed by atoms with E-state index in [1.807, 2.05) is 6.07 Å². The van der Waals surface area contributed by atoms with E-state index in [4.69, 9.17) is 4.74 Å². The zero-order chi connectivity index (χ0) is 13.5. The zero-order valence-corrected chi connectivity index (χ0v) is 11.4. The van der Waals surface area contributed by atoms with Gasteiger partial charge >= 0.3 is 0 Å². The number of hydrogen-bond acceptors (Lipinski definition) is 4. The van der Waals surface area contributed by atoms with E-state index in [1.54, 1.807) is 7.11 Å². The van der Waals surface area contributed by atoms with Crippen molar-refractivity contribution >= 4 is 11.7 Å². The maximum atomic E-state index is 11.5. The third-order valence-electron chi connectivity index (χ3n) is 3.21. The van der Waals surface area contributed by atoms with Crippen molar-refractivity contribution in [3.63, 3.8) is 0 Å². The van der Waals surface area contributed by atoms with E-state index in [-0.39, 0.29) is 5.91 Å². The summed E-state index contributed by atoms with van der Waals surface area (Å²) < 4.78 is 4.87. The molecule has 104 valence electrons. The summed E-state index contributed by atoms with van der Waals surface area (Å²) >= 11 is 0. The quantitative estimate of drug-likeness (QED) is 0.724. The second-order valence-corrected chi connectivity index (χ2v) is 4.68. The van der Waals surface area contributed by atoms with Crippen LogP contribution >= 0.6 is 0 Å². The summed E-state index contributed by atoms with van der Waals surface area (Å²) in [5, 5.41) is 5.98. The zero-order valence-electron chi connectivity index (χ0n) is 11.4. The molecule has 1 amide bonds. The maximum absolute atomic E-state index is 11.5. The third-order valence-corrected chi connectivity index (χ3v) is 3.21. The molecule has 1 aromatic rings. The van der Waals surface area contributed by atoms with E-state index in [0.717, 1.165) is 18.7 Å². The van der Waals surface area contributed by atoms with Crippen molar-refractivity contribution in [2.75, 3.05) is 32.1 Å². The van der Waals surface area contributed by atoms with Gasteiger partial charge in [0.1, 0.15) is 5.82 Å². The molecule has 0 spiro atoms. The Labute approximate surface area is 113 Å². The molecule has 1 aliphatic rings. The molecule has 0 saturated heterocycles. The Kier molecular flexibility index (Phi) is 5.15. The fraction of sp³-hybridized carbons (Fsp3) is 0.571. The predicted molar refractivity (Wildman–Crippen MR) is 74.3 cm³/mol. The number of rotatable bonds is 7.